The van der Waals surface area contributed by atoms with Crippen molar-refractivity contribution < 1.29 is 4.79 Å². The molecule has 0 saturated carbocycles. The highest BCUT2D eigenvalue weighted by molar-refractivity contribution is 5.99. The van der Waals surface area contributed by atoms with Gasteiger partial charge in [-0.05, 0) is 31.5 Å². The van der Waals surface area contributed by atoms with Gasteiger partial charge in [0, 0.05) is 13.2 Å². The normalized spacial score (nSPS) is 11.1. The predicted octanol–water partition coefficient (Wildman–Crippen LogP) is 3.02. The lowest BCUT2D eigenvalue weighted by molar-refractivity contribution is -0.122. The van der Waals surface area contributed by atoms with Crippen molar-refractivity contribution in [3.63, 3.8) is 0 Å². The second kappa shape index (κ2) is 5.22. The second-order valence-corrected chi connectivity index (χ2v) is 5.04. The van der Waals surface area contributed by atoms with Crippen molar-refractivity contribution >= 4 is 11.7 Å². The summed E-state index contributed by atoms with van der Waals surface area (Å²) < 4.78 is 0. The second-order valence-electron chi connectivity index (χ2n) is 5.04. The Hall–Kier alpha value is -2.16. The van der Waals surface area contributed by atoms with Crippen LogP contribution in [0.25, 0.3) is 0 Å². The maximum atomic E-state index is 12.7. The Balaban J connectivity index is 2.29. The average molecular weight is 254 g/mol. The molecule has 1 amide bonds. The predicted molar refractivity (Wildman–Crippen MR) is 77.1 cm³/mol. The van der Waals surface area contributed by atoms with Crippen molar-refractivity contribution in [2.45, 2.75) is 19.3 Å². The smallest absolute Gasteiger partial charge is 0.237 e. The molecule has 0 spiro atoms. The monoisotopic (exact) mass is 254 g/mol. The molecule has 1 aromatic heterocycles. The molecular formula is C16H18N2O. The van der Waals surface area contributed by atoms with Gasteiger partial charge in [0.05, 0.1) is 5.41 Å². The Kier molecular flexibility index (Phi) is 3.65. The molecule has 3 nitrogen and oxygen atoms in total. The number of amides is 1. The molecule has 0 N–H and O–H groups in total. The van der Waals surface area contributed by atoms with E-state index in [-0.39, 0.29) is 5.91 Å². The van der Waals surface area contributed by atoms with Crippen molar-refractivity contribution in [1.82, 2.24) is 4.98 Å². The van der Waals surface area contributed by atoms with E-state index < -0.39 is 5.41 Å². The standard InChI is InChI=1S/C16H18N2O/c1-16(2,13-9-5-4-6-10-13)15(19)18(3)14-11-7-8-12-17-14/h4-12H,1-3H3. The molecule has 98 valence electrons. The number of anilines is 1. The summed E-state index contributed by atoms with van der Waals surface area (Å²) in [5.74, 6) is 0.689. The number of aromatic nitrogens is 1. The molecule has 1 aromatic carbocycles. The average Bonchev–Trinajstić information content (AvgIpc) is 2.47. The molecule has 0 bridgehead atoms. The fourth-order valence-electron chi connectivity index (χ4n) is 2.05. The summed E-state index contributed by atoms with van der Waals surface area (Å²) in [5.41, 5.74) is 0.427. The van der Waals surface area contributed by atoms with Gasteiger partial charge in [-0.25, -0.2) is 4.98 Å². The zero-order valence-corrected chi connectivity index (χ0v) is 11.5. The Labute approximate surface area is 113 Å². The van der Waals surface area contributed by atoms with E-state index in [1.165, 1.54) is 0 Å². The maximum absolute atomic E-state index is 12.7. The van der Waals surface area contributed by atoms with Gasteiger partial charge in [0.25, 0.3) is 0 Å². The van der Waals surface area contributed by atoms with Crippen molar-refractivity contribution in [1.29, 1.82) is 0 Å². The Morgan fingerprint density at radius 3 is 2.26 bits per heavy atom. The van der Waals surface area contributed by atoms with Crippen molar-refractivity contribution in [2.75, 3.05) is 11.9 Å². The third-order valence-electron chi connectivity index (χ3n) is 3.33. The maximum Gasteiger partial charge on any atom is 0.237 e. The van der Waals surface area contributed by atoms with Gasteiger partial charge in [0.2, 0.25) is 5.91 Å². The first-order valence-corrected chi connectivity index (χ1v) is 6.28. The van der Waals surface area contributed by atoms with E-state index in [0.717, 1.165) is 5.56 Å². The van der Waals surface area contributed by atoms with E-state index in [4.69, 9.17) is 0 Å². The molecule has 1 heterocycles. The molecule has 2 rings (SSSR count). The van der Waals surface area contributed by atoms with Gasteiger partial charge in [-0.1, -0.05) is 36.4 Å². The number of carbonyl (C=O) groups excluding carboxylic acids is 1. The summed E-state index contributed by atoms with van der Waals surface area (Å²) in [5, 5.41) is 0. The Bertz CT molecular complexity index is 549. The molecule has 0 aliphatic carbocycles. The summed E-state index contributed by atoms with van der Waals surface area (Å²) in [4.78, 5) is 18.5. The van der Waals surface area contributed by atoms with Crippen LogP contribution >= 0.6 is 0 Å². The van der Waals surface area contributed by atoms with E-state index >= 15 is 0 Å². The van der Waals surface area contributed by atoms with Crippen LogP contribution in [0.1, 0.15) is 19.4 Å². The highest BCUT2D eigenvalue weighted by Crippen LogP contribution is 2.26. The van der Waals surface area contributed by atoms with E-state index in [0.29, 0.717) is 5.82 Å². The minimum Gasteiger partial charge on any atom is -0.299 e. The summed E-state index contributed by atoms with van der Waals surface area (Å²) in [6, 6.07) is 15.3. The fourth-order valence-corrected chi connectivity index (χ4v) is 2.05. The SMILES string of the molecule is CN(C(=O)C(C)(C)c1ccccc1)c1ccccn1. The lowest BCUT2D eigenvalue weighted by atomic mass is 9.83. The quantitative estimate of drug-likeness (QED) is 0.843. The minimum absolute atomic E-state index is 0.0254. The first-order chi connectivity index (χ1) is 9.03. The van der Waals surface area contributed by atoms with Gasteiger partial charge >= 0.3 is 0 Å². The summed E-state index contributed by atoms with van der Waals surface area (Å²) >= 11 is 0. The zero-order chi connectivity index (χ0) is 13.9. The first kappa shape index (κ1) is 13.3. The third-order valence-corrected chi connectivity index (χ3v) is 3.33. The molecule has 0 saturated heterocycles. The van der Waals surface area contributed by atoms with Crippen LogP contribution in [0.4, 0.5) is 5.82 Å². The fraction of sp³-hybridized carbons (Fsp3) is 0.250. The molecular weight excluding hydrogens is 236 g/mol. The highest BCUT2D eigenvalue weighted by atomic mass is 16.2. The Morgan fingerprint density at radius 2 is 1.68 bits per heavy atom. The van der Waals surface area contributed by atoms with Gasteiger partial charge in [0.1, 0.15) is 5.82 Å². The van der Waals surface area contributed by atoms with Crippen LogP contribution in [-0.2, 0) is 10.2 Å². The molecule has 0 aliphatic rings. The van der Waals surface area contributed by atoms with Gasteiger partial charge in [-0.15, -0.1) is 0 Å². The minimum atomic E-state index is -0.576. The van der Waals surface area contributed by atoms with Crippen LogP contribution in [-0.4, -0.2) is 17.9 Å². The molecule has 0 aliphatic heterocycles. The van der Waals surface area contributed by atoms with Gasteiger partial charge in [-0.2, -0.15) is 0 Å². The zero-order valence-electron chi connectivity index (χ0n) is 11.5. The first-order valence-electron chi connectivity index (χ1n) is 6.28. The summed E-state index contributed by atoms with van der Waals surface area (Å²) in [6.07, 6.45) is 1.69. The van der Waals surface area contributed by atoms with E-state index in [1.807, 2.05) is 62.4 Å². The van der Waals surface area contributed by atoms with E-state index in [9.17, 15) is 4.79 Å². The number of hydrogen-bond donors (Lipinski definition) is 0. The van der Waals surface area contributed by atoms with Crippen LogP contribution in [0.5, 0.6) is 0 Å². The van der Waals surface area contributed by atoms with Crippen LogP contribution in [0.2, 0.25) is 0 Å². The molecule has 3 heteroatoms. The number of likely N-dealkylation sites (N-methyl/N-ethyl adjacent to an activating group) is 1. The van der Waals surface area contributed by atoms with Crippen LogP contribution in [0.15, 0.2) is 54.7 Å². The highest BCUT2D eigenvalue weighted by Gasteiger charge is 2.33. The third kappa shape index (κ3) is 2.65. The van der Waals surface area contributed by atoms with Crippen LogP contribution in [0, 0.1) is 0 Å². The van der Waals surface area contributed by atoms with Crippen molar-refractivity contribution in [3.8, 4) is 0 Å². The number of hydrogen-bond acceptors (Lipinski definition) is 2. The van der Waals surface area contributed by atoms with Gasteiger partial charge in [0.15, 0.2) is 0 Å². The van der Waals surface area contributed by atoms with Gasteiger partial charge < -0.3 is 0 Å². The lowest BCUT2D eigenvalue weighted by Crippen LogP contribution is -2.41. The number of benzene rings is 1. The van der Waals surface area contributed by atoms with Crippen molar-refractivity contribution in [2.24, 2.45) is 0 Å². The summed E-state index contributed by atoms with van der Waals surface area (Å²) in [7, 11) is 1.76. The molecule has 0 unspecified atom stereocenters. The Morgan fingerprint density at radius 1 is 1.05 bits per heavy atom. The van der Waals surface area contributed by atoms with E-state index in [2.05, 4.69) is 4.98 Å². The molecule has 2 aromatic rings. The lowest BCUT2D eigenvalue weighted by Gasteiger charge is -2.29. The molecule has 19 heavy (non-hydrogen) atoms. The molecule has 0 radical (unpaired) electrons. The number of rotatable bonds is 3. The number of carbonyl (C=O) groups is 1. The molecule has 0 atom stereocenters. The van der Waals surface area contributed by atoms with Crippen LogP contribution in [0.3, 0.4) is 0 Å². The topological polar surface area (TPSA) is 33.2 Å². The molecule has 0 fully saturated rings. The summed E-state index contributed by atoms with van der Waals surface area (Å²) in [6.45, 7) is 3.87. The van der Waals surface area contributed by atoms with Crippen molar-refractivity contribution in [3.05, 3.63) is 60.3 Å². The van der Waals surface area contributed by atoms with Crippen LogP contribution < -0.4 is 4.90 Å². The largest absolute Gasteiger partial charge is 0.299 e. The number of pyridine rings is 1. The van der Waals surface area contributed by atoms with Gasteiger partial charge in [-0.3, -0.25) is 9.69 Å². The van der Waals surface area contributed by atoms with E-state index in [1.54, 1.807) is 18.1 Å². The number of nitrogens with zero attached hydrogens (tertiary/aromatic N) is 2.